The molecular formula is C12H14FNO2. The summed E-state index contributed by atoms with van der Waals surface area (Å²) >= 11 is 0. The molecule has 4 heteroatoms. The van der Waals surface area contributed by atoms with Gasteiger partial charge in [-0.05, 0) is 12.5 Å². The maximum Gasteiger partial charge on any atom is 0.323 e. The molecule has 0 aromatic heterocycles. The summed E-state index contributed by atoms with van der Waals surface area (Å²) in [7, 11) is 1.38. The number of carbonyl (C=O) groups is 1. The third kappa shape index (κ3) is 2.07. The third-order valence-electron chi connectivity index (χ3n) is 2.94. The van der Waals surface area contributed by atoms with Crippen molar-refractivity contribution in [1.29, 1.82) is 0 Å². The van der Waals surface area contributed by atoms with Crippen LogP contribution in [0.15, 0.2) is 24.3 Å². The average Bonchev–Trinajstić information content (AvgIpc) is 2.26. The van der Waals surface area contributed by atoms with Gasteiger partial charge in [0.1, 0.15) is 11.9 Å². The first-order valence-corrected chi connectivity index (χ1v) is 5.27. The van der Waals surface area contributed by atoms with E-state index in [-0.39, 0.29) is 17.8 Å². The Labute approximate surface area is 93.8 Å². The average molecular weight is 223 g/mol. The SMILES string of the molecule is COC(=O)C1CCN1Cc1ccccc1F. The first-order chi connectivity index (χ1) is 7.72. The molecule has 1 aliphatic heterocycles. The largest absolute Gasteiger partial charge is 0.468 e. The van der Waals surface area contributed by atoms with Crippen molar-refractivity contribution in [3.8, 4) is 0 Å². The molecule has 86 valence electrons. The highest BCUT2D eigenvalue weighted by Gasteiger charge is 2.34. The smallest absolute Gasteiger partial charge is 0.323 e. The number of benzene rings is 1. The second-order valence-corrected chi connectivity index (χ2v) is 3.89. The van der Waals surface area contributed by atoms with E-state index in [9.17, 15) is 9.18 Å². The fourth-order valence-corrected chi connectivity index (χ4v) is 1.88. The zero-order chi connectivity index (χ0) is 11.5. The van der Waals surface area contributed by atoms with Gasteiger partial charge >= 0.3 is 5.97 Å². The van der Waals surface area contributed by atoms with E-state index in [1.807, 2.05) is 4.90 Å². The summed E-state index contributed by atoms with van der Waals surface area (Å²) in [4.78, 5) is 13.2. The van der Waals surface area contributed by atoms with Gasteiger partial charge in [-0.1, -0.05) is 18.2 Å². The summed E-state index contributed by atoms with van der Waals surface area (Å²) < 4.78 is 18.1. The van der Waals surface area contributed by atoms with Gasteiger partial charge in [0.25, 0.3) is 0 Å². The van der Waals surface area contributed by atoms with Gasteiger partial charge in [0, 0.05) is 18.7 Å². The van der Waals surface area contributed by atoms with E-state index >= 15 is 0 Å². The summed E-state index contributed by atoms with van der Waals surface area (Å²) in [6, 6.07) is 6.42. The summed E-state index contributed by atoms with van der Waals surface area (Å²) in [5.74, 6) is -0.458. The van der Waals surface area contributed by atoms with Crippen LogP contribution in [-0.2, 0) is 16.1 Å². The number of likely N-dealkylation sites (tertiary alicyclic amines) is 1. The van der Waals surface area contributed by atoms with Gasteiger partial charge in [-0.15, -0.1) is 0 Å². The van der Waals surface area contributed by atoms with Crippen LogP contribution in [-0.4, -0.2) is 30.6 Å². The molecule has 16 heavy (non-hydrogen) atoms. The highest BCUT2D eigenvalue weighted by Crippen LogP contribution is 2.22. The quantitative estimate of drug-likeness (QED) is 0.728. The molecule has 0 N–H and O–H groups in total. The molecule has 0 amide bonds. The van der Waals surface area contributed by atoms with Gasteiger partial charge in [0.05, 0.1) is 7.11 Å². The van der Waals surface area contributed by atoms with Crippen LogP contribution in [0.3, 0.4) is 0 Å². The fourth-order valence-electron chi connectivity index (χ4n) is 1.88. The molecule has 1 aliphatic rings. The Hall–Kier alpha value is -1.42. The predicted octanol–water partition coefficient (Wildman–Crippen LogP) is 1.57. The highest BCUT2D eigenvalue weighted by atomic mass is 19.1. The lowest BCUT2D eigenvalue weighted by molar-refractivity contribution is -0.152. The molecule has 1 aromatic carbocycles. The van der Waals surface area contributed by atoms with Crippen molar-refractivity contribution in [2.24, 2.45) is 0 Å². The topological polar surface area (TPSA) is 29.5 Å². The Morgan fingerprint density at radius 2 is 2.31 bits per heavy atom. The normalized spacial score (nSPS) is 20.2. The molecule has 0 bridgehead atoms. The molecule has 1 saturated heterocycles. The van der Waals surface area contributed by atoms with Gasteiger partial charge in [0.2, 0.25) is 0 Å². The first kappa shape index (κ1) is 11.1. The van der Waals surface area contributed by atoms with Gasteiger partial charge in [-0.3, -0.25) is 9.69 Å². The van der Waals surface area contributed by atoms with Crippen LogP contribution in [0.5, 0.6) is 0 Å². The van der Waals surface area contributed by atoms with Crippen LogP contribution < -0.4 is 0 Å². The Morgan fingerprint density at radius 1 is 1.56 bits per heavy atom. The van der Waals surface area contributed by atoms with Crippen LogP contribution in [0.2, 0.25) is 0 Å². The molecule has 1 aromatic rings. The minimum absolute atomic E-state index is 0.204. The number of nitrogens with zero attached hydrogens (tertiary/aromatic N) is 1. The van der Waals surface area contributed by atoms with Crippen LogP contribution in [0.4, 0.5) is 4.39 Å². The van der Waals surface area contributed by atoms with E-state index in [2.05, 4.69) is 4.74 Å². The van der Waals surface area contributed by atoms with Crippen molar-refractivity contribution in [3.63, 3.8) is 0 Å². The molecule has 0 radical (unpaired) electrons. The standard InChI is InChI=1S/C12H14FNO2/c1-16-12(15)11-6-7-14(11)8-9-4-2-3-5-10(9)13/h2-5,11H,6-8H2,1H3. The number of ether oxygens (including phenoxy) is 1. The molecule has 1 atom stereocenters. The third-order valence-corrected chi connectivity index (χ3v) is 2.94. The van der Waals surface area contributed by atoms with Crippen molar-refractivity contribution < 1.29 is 13.9 Å². The molecule has 1 heterocycles. The van der Waals surface area contributed by atoms with E-state index in [0.29, 0.717) is 12.1 Å². The first-order valence-electron chi connectivity index (χ1n) is 5.27. The van der Waals surface area contributed by atoms with E-state index in [1.54, 1.807) is 18.2 Å². The molecule has 1 fully saturated rings. The minimum atomic E-state index is -0.234. The molecular weight excluding hydrogens is 209 g/mol. The second kappa shape index (κ2) is 4.61. The van der Waals surface area contributed by atoms with Crippen molar-refractivity contribution in [2.45, 2.75) is 19.0 Å². The zero-order valence-corrected chi connectivity index (χ0v) is 9.15. The van der Waals surface area contributed by atoms with Crippen molar-refractivity contribution in [3.05, 3.63) is 35.6 Å². The molecule has 3 nitrogen and oxygen atoms in total. The Kier molecular flexibility index (Phi) is 3.19. The maximum absolute atomic E-state index is 13.4. The van der Waals surface area contributed by atoms with E-state index < -0.39 is 0 Å². The van der Waals surface area contributed by atoms with Crippen LogP contribution >= 0.6 is 0 Å². The summed E-state index contributed by atoms with van der Waals surface area (Å²) in [6.45, 7) is 1.28. The molecule has 0 saturated carbocycles. The van der Waals surface area contributed by atoms with Crippen molar-refractivity contribution in [2.75, 3.05) is 13.7 Å². The Morgan fingerprint density at radius 3 is 2.88 bits per heavy atom. The minimum Gasteiger partial charge on any atom is -0.468 e. The fraction of sp³-hybridized carbons (Fsp3) is 0.417. The number of halogens is 1. The van der Waals surface area contributed by atoms with Crippen LogP contribution in [0, 0.1) is 5.82 Å². The lowest BCUT2D eigenvalue weighted by atomic mass is 10.0. The monoisotopic (exact) mass is 223 g/mol. The van der Waals surface area contributed by atoms with Gasteiger partial charge in [0.15, 0.2) is 0 Å². The van der Waals surface area contributed by atoms with E-state index in [4.69, 9.17) is 0 Å². The Bertz CT molecular complexity index is 394. The van der Waals surface area contributed by atoms with Gasteiger partial charge in [-0.25, -0.2) is 4.39 Å². The van der Waals surface area contributed by atoms with Crippen molar-refractivity contribution >= 4 is 5.97 Å². The number of rotatable bonds is 3. The molecule has 0 aliphatic carbocycles. The van der Waals surface area contributed by atoms with Crippen LogP contribution in [0.25, 0.3) is 0 Å². The molecule has 2 rings (SSSR count). The molecule has 1 unspecified atom stereocenters. The number of methoxy groups -OCH3 is 1. The lowest BCUT2D eigenvalue weighted by Gasteiger charge is -2.38. The number of hydrogen-bond acceptors (Lipinski definition) is 3. The van der Waals surface area contributed by atoms with E-state index in [1.165, 1.54) is 13.2 Å². The van der Waals surface area contributed by atoms with E-state index in [0.717, 1.165) is 13.0 Å². The number of esters is 1. The van der Waals surface area contributed by atoms with Crippen molar-refractivity contribution in [1.82, 2.24) is 4.90 Å². The Balaban J connectivity index is 2.01. The number of carbonyl (C=O) groups excluding carboxylic acids is 1. The summed E-state index contributed by atoms with van der Waals surface area (Å²) in [6.07, 6.45) is 0.793. The number of hydrogen-bond donors (Lipinski definition) is 0. The summed E-state index contributed by atoms with van der Waals surface area (Å²) in [5.41, 5.74) is 0.621. The second-order valence-electron chi connectivity index (χ2n) is 3.89. The molecule has 0 spiro atoms. The highest BCUT2D eigenvalue weighted by molar-refractivity contribution is 5.76. The van der Waals surface area contributed by atoms with Crippen LogP contribution in [0.1, 0.15) is 12.0 Å². The lowest BCUT2D eigenvalue weighted by Crippen LogP contribution is -2.52. The maximum atomic E-state index is 13.4. The zero-order valence-electron chi connectivity index (χ0n) is 9.15. The summed E-state index contributed by atoms with van der Waals surface area (Å²) in [5, 5.41) is 0. The van der Waals surface area contributed by atoms with Gasteiger partial charge < -0.3 is 4.74 Å². The predicted molar refractivity (Wildman–Crippen MR) is 57.2 cm³/mol. The van der Waals surface area contributed by atoms with Gasteiger partial charge in [-0.2, -0.15) is 0 Å².